The molecule has 6 heteroatoms. The van der Waals surface area contributed by atoms with Gasteiger partial charge in [0, 0.05) is 30.2 Å². The molecule has 0 aromatic carbocycles. The van der Waals surface area contributed by atoms with Crippen LogP contribution in [0.2, 0.25) is 0 Å². The Balaban J connectivity index is 2.54. The summed E-state index contributed by atoms with van der Waals surface area (Å²) in [6.45, 7) is 13.4. The zero-order chi connectivity index (χ0) is 22.3. The molecule has 0 spiro atoms. The van der Waals surface area contributed by atoms with Crippen molar-refractivity contribution in [2.24, 2.45) is 7.05 Å². The molecular formula is C24H27N3O2S. The molecule has 156 valence electrons. The third-order valence-corrected chi connectivity index (χ3v) is 5.42. The lowest BCUT2D eigenvalue weighted by atomic mass is 9.99. The second-order valence-electron chi connectivity index (χ2n) is 6.65. The molecule has 2 rings (SSSR count). The van der Waals surface area contributed by atoms with Gasteiger partial charge in [-0.25, -0.2) is 0 Å². The number of hydrogen-bond donors (Lipinski definition) is 2. The summed E-state index contributed by atoms with van der Waals surface area (Å²) in [6, 6.07) is 5.40. The summed E-state index contributed by atoms with van der Waals surface area (Å²) in [5.41, 5.74) is 4.24. The van der Waals surface area contributed by atoms with E-state index in [-0.39, 0.29) is 11.5 Å². The van der Waals surface area contributed by atoms with Crippen molar-refractivity contribution in [1.29, 1.82) is 0 Å². The molecule has 0 fully saturated rings. The predicted molar refractivity (Wildman–Crippen MR) is 128 cm³/mol. The Morgan fingerprint density at radius 2 is 2.00 bits per heavy atom. The van der Waals surface area contributed by atoms with Crippen LogP contribution in [0.3, 0.4) is 0 Å². The number of allylic oxidation sites excluding steroid dienone is 7. The fourth-order valence-corrected chi connectivity index (χ4v) is 3.45. The standard InChI is InChI=1S/C24H27N3O2S/c1-7-11-20(26-23(28)22-12-10-13-30-22)17(5)19(9-3)18-14-21(25-16(4)8-2)24(29)27(6)15-18/h7-15,25H,1,3H2,2,4-6H3,(H,26,28)/b16-8+,19-17+,20-11+. The smallest absolute Gasteiger partial charge is 0.273 e. The second kappa shape index (κ2) is 10.4. The topological polar surface area (TPSA) is 63.1 Å². The van der Waals surface area contributed by atoms with Crippen LogP contribution in [0.4, 0.5) is 5.69 Å². The van der Waals surface area contributed by atoms with E-state index in [9.17, 15) is 9.59 Å². The lowest BCUT2D eigenvalue weighted by molar-refractivity contribution is 0.0970. The Labute approximate surface area is 181 Å². The Hall–Kier alpha value is -3.38. The average Bonchev–Trinajstić information content (AvgIpc) is 3.26. The first-order valence-electron chi connectivity index (χ1n) is 9.44. The van der Waals surface area contributed by atoms with Gasteiger partial charge in [-0.15, -0.1) is 11.3 Å². The molecule has 0 unspecified atom stereocenters. The summed E-state index contributed by atoms with van der Waals surface area (Å²) in [7, 11) is 1.71. The highest BCUT2D eigenvalue weighted by Crippen LogP contribution is 2.25. The lowest BCUT2D eigenvalue weighted by Crippen LogP contribution is -2.23. The first-order chi connectivity index (χ1) is 14.3. The largest absolute Gasteiger partial charge is 0.355 e. The van der Waals surface area contributed by atoms with Crippen molar-refractivity contribution in [2.75, 3.05) is 5.32 Å². The van der Waals surface area contributed by atoms with Crippen molar-refractivity contribution in [3.05, 3.63) is 105 Å². The molecule has 2 heterocycles. The van der Waals surface area contributed by atoms with Crippen LogP contribution in [0.15, 0.2) is 89.0 Å². The number of aryl methyl sites for hydroxylation is 1. The molecule has 0 saturated carbocycles. The van der Waals surface area contributed by atoms with Gasteiger partial charge in [0.05, 0.1) is 4.88 Å². The number of pyridine rings is 1. The molecule has 0 atom stereocenters. The van der Waals surface area contributed by atoms with Gasteiger partial charge in [-0.2, -0.15) is 0 Å². The molecule has 1 amide bonds. The van der Waals surface area contributed by atoms with Crippen LogP contribution in [-0.2, 0) is 7.05 Å². The van der Waals surface area contributed by atoms with Gasteiger partial charge in [0.2, 0.25) is 0 Å². The third-order valence-electron chi connectivity index (χ3n) is 4.55. The molecule has 0 bridgehead atoms. The van der Waals surface area contributed by atoms with Crippen molar-refractivity contribution in [3.8, 4) is 0 Å². The Morgan fingerprint density at radius 3 is 2.57 bits per heavy atom. The van der Waals surface area contributed by atoms with E-state index in [2.05, 4.69) is 23.8 Å². The quantitative estimate of drug-likeness (QED) is 0.573. The van der Waals surface area contributed by atoms with E-state index < -0.39 is 0 Å². The predicted octanol–water partition coefficient (Wildman–Crippen LogP) is 5.24. The van der Waals surface area contributed by atoms with Crippen LogP contribution in [0, 0.1) is 0 Å². The van der Waals surface area contributed by atoms with E-state index in [1.807, 2.05) is 38.3 Å². The number of nitrogens with zero attached hydrogens (tertiary/aromatic N) is 1. The van der Waals surface area contributed by atoms with Crippen molar-refractivity contribution < 1.29 is 4.79 Å². The number of rotatable bonds is 8. The fraction of sp³-hybridized carbons (Fsp3) is 0.167. The monoisotopic (exact) mass is 421 g/mol. The maximum atomic E-state index is 12.6. The van der Waals surface area contributed by atoms with Gasteiger partial charge in [-0.05, 0) is 55.5 Å². The second-order valence-corrected chi connectivity index (χ2v) is 7.59. The van der Waals surface area contributed by atoms with E-state index in [0.29, 0.717) is 16.3 Å². The summed E-state index contributed by atoms with van der Waals surface area (Å²) in [6.07, 6.45) is 8.74. The van der Waals surface area contributed by atoms with Gasteiger partial charge in [0.15, 0.2) is 0 Å². The molecular weight excluding hydrogens is 394 g/mol. The molecule has 2 N–H and O–H groups in total. The molecule has 0 saturated heterocycles. The van der Waals surface area contributed by atoms with Crippen molar-refractivity contribution in [2.45, 2.75) is 20.8 Å². The highest BCUT2D eigenvalue weighted by molar-refractivity contribution is 7.12. The number of carbonyl (C=O) groups excluding carboxylic acids is 1. The molecule has 0 aliphatic rings. The zero-order valence-electron chi connectivity index (χ0n) is 17.8. The van der Waals surface area contributed by atoms with Gasteiger partial charge in [-0.1, -0.05) is 37.5 Å². The highest BCUT2D eigenvalue weighted by atomic mass is 32.1. The van der Waals surface area contributed by atoms with Gasteiger partial charge in [0.1, 0.15) is 5.69 Å². The number of carbonyl (C=O) groups is 1. The first kappa shape index (κ1) is 22.9. The van der Waals surface area contributed by atoms with E-state index >= 15 is 0 Å². The van der Waals surface area contributed by atoms with Crippen LogP contribution in [0.25, 0.3) is 5.57 Å². The van der Waals surface area contributed by atoms with Gasteiger partial charge < -0.3 is 15.2 Å². The summed E-state index contributed by atoms with van der Waals surface area (Å²) >= 11 is 1.37. The highest BCUT2D eigenvalue weighted by Gasteiger charge is 2.14. The fourth-order valence-electron chi connectivity index (χ4n) is 2.84. The Morgan fingerprint density at radius 1 is 1.27 bits per heavy atom. The van der Waals surface area contributed by atoms with Crippen LogP contribution < -0.4 is 16.2 Å². The minimum Gasteiger partial charge on any atom is -0.355 e. The summed E-state index contributed by atoms with van der Waals surface area (Å²) < 4.78 is 1.53. The Kier molecular flexibility index (Phi) is 7.95. The lowest BCUT2D eigenvalue weighted by Gasteiger charge is -2.16. The number of thiophene rings is 1. The number of anilines is 1. The first-order valence-corrected chi connectivity index (χ1v) is 10.3. The van der Waals surface area contributed by atoms with Crippen molar-refractivity contribution in [3.63, 3.8) is 0 Å². The summed E-state index contributed by atoms with van der Waals surface area (Å²) in [5.74, 6) is -0.188. The molecule has 0 aliphatic carbocycles. The van der Waals surface area contributed by atoms with Gasteiger partial charge in [-0.3, -0.25) is 9.59 Å². The van der Waals surface area contributed by atoms with E-state index in [4.69, 9.17) is 0 Å². The maximum Gasteiger partial charge on any atom is 0.273 e. The molecule has 30 heavy (non-hydrogen) atoms. The molecule has 5 nitrogen and oxygen atoms in total. The van der Waals surface area contributed by atoms with Crippen LogP contribution >= 0.6 is 11.3 Å². The molecule has 0 aliphatic heterocycles. The zero-order valence-corrected chi connectivity index (χ0v) is 18.6. The molecule has 0 radical (unpaired) electrons. The maximum absolute atomic E-state index is 12.6. The normalized spacial score (nSPS) is 12.8. The minimum absolute atomic E-state index is 0.131. The number of nitrogens with one attached hydrogen (secondary N) is 2. The van der Waals surface area contributed by atoms with Gasteiger partial charge >= 0.3 is 0 Å². The SMILES string of the molecule is C=C/C=C(NC(=O)c1cccs1)\C(C)=C(/C=C)c1cc(N/C(C)=C/C)c(=O)n(C)c1. The van der Waals surface area contributed by atoms with Crippen molar-refractivity contribution in [1.82, 2.24) is 9.88 Å². The van der Waals surface area contributed by atoms with Crippen LogP contribution in [0.5, 0.6) is 0 Å². The van der Waals surface area contributed by atoms with Crippen molar-refractivity contribution >= 4 is 28.5 Å². The Bertz CT molecular complexity index is 1100. The number of hydrogen-bond acceptors (Lipinski definition) is 4. The molecule has 2 aromatic heterocycles. The average molecular weight is 422 g/mol. The summed E-state index contributed by atoms with van der Waals surface area (Å²) in [4.78, 5) is 25.7. The summed E-state index contributed by atoms with van der Waals surface area (Å²) in [5, 5.41) is 7.94. The van der Waals surface area contributed by atoms with E-state index in [1.54, 1.807) is 43.6 Å². The van der Waals surface area contributed by atoms with E-state index in [0.717, 1.165) is 22.4 Å². The van der Waals surface area contributed by atoms with Gasteiger partial charge in [0.25, 0.3) is 11.5 Å². The number of amides is 1. The van der Waals surface area contributed by atoms with E-state index in [1.165, 1.54) is 15.9 Å². The third kappa shape index (κ3) is 5.36. The van der Waals surface area contributed by atoms with Crippen LogP contribution in [-0.4, -0.2) is 10.5 Å². The number of aromatic nitrogens is 1. The van der Waals surface area contributed by atoms with Crippen LogP contribution in [0.1, 0.15) is 36.0 Å². The minimum atomic E-state index is -0.188. The molecule has 2 aromatic rings.